The molecule has 4 aliphatic rings. The number of carbonyl (C=O) groups excluding carboxylic acids is 2. The predicted octanol–water partition coefficient (Wildman–Crippen LogP) is -2.36. The average Bonchev–Trinajstić information content (AvgIpc) is 3.14. The number of fused-ring (bicyclic) bond motifs is 1. The van der Waals surface area contributed by atoms with Gasteiger partial charge in [0.2, 0.25) is 18.9 Å². The molecule has 0 amide bonds. The molecule has 0 aliphatic carbocycles. The van der Waals surface area contributed by atoms with Crippen LogP contribution in [0.2, 0.25) is 0 Å². The number of phenolic OH excluding ortho intramolecular Hbond substituents is 2. The molecule has 294 valence electrons. The zero-order chi connectivity index (χ0) is 39.1. The van der Waals surface area contributed by atoms with Gasteiger partial charge < -0.3 is 84.2 Å². The van der Waals surface area contributed by atoms with Crippen molar-refractivity contribution in [2.45, 2.75) is 79.7 Å². The SMILES string of the molecule is C=C[C@@H]1[C@H](O[C@H]2O[C@@H](CO)[C@H](O)[C@@H](O)[C@@H]2OC(=O)c2c(O)cc(O[C@H]3O[C@@H](CO)[C@H](O)[C@@H](O)[C@H]3O)cc2-c2cccc(O)c2)OC=C2C(=O)OCC[C@@]21O. The minimum Gasteiger partial charge on any atom is -0.508 e. The Hall–Kier alpha value is -4.38. The molecular weight excluding hydrogens is 724 g/mol. The number of hydrogen-bond acceptors (Lipinski definition) is 19. The minimum absolute atomic E-state index is 0.0673. The van der Waals surface area contributed by atoms with Gasteiger partial charge in [-0.2, -0.15) is 0 Å². The third-order valence-corrected chi connectivity index (χ3v) is 9.71. The second-order valence-corrected chi connectivity index (χ2v) is 13.1. The third kappa shape index (κ3) is 7.23. The lowest BCUT2D eigenvalue weighted by Crippen LogP contribution is -2.62. The molecular formula is C35H40O19. The van der Waals surface area contributed by atoms with Crippen LogP contribution in [0.1, 0.15) is 16.8 Å². The number of carbonyl (C=O) groups is 2. The standard InChI is InChI=1S/C35H40O19/c1-2-18-32(49-13-19-30(45)48-7-6-35(18,19)47)54-34-29(27(43)25(41)22(12-37)52-34)53-31(46)23-17(14-4-3-5-15(38)8-14)9-16(10-20(23)39)50-33-28(44)26(42)24(40)21(11-36)51-33/h2-5,8-10,13,18,21-22,24-29,32-34,36-44,47H,1,6-7,11-12H2/t18-,21+,22+,24+,25+,26-,27-,28-,29+,32+,33+,34-,35+/m1/s1. The van der Waals surface area contributed by atoms with E-state index in [0.717, 1.165) is 12.3 Å². The summed E-state index contributed by atoms with van der Waals surface area (Å²) in [5, 5.41) is 105. The number of benzene rings is 2. The summed E-state index contributed by atoms with van der Waals surface area (Å²) in [6, 6.07) is 7.47. The van der Waals surface area contributed by atoms with E-state index in [4.69, 9.17) is 33.2 Å². The van der Waals surface area contributed by atoms with Crippen LogP contribution in [0.5, 0.6) is 17.2 Å². The molecule has 0 bridgehead atoms. The molecule has 0 radical (unpaired) electrons. The molecule has 0 aromatic heterocycles. The van der Waals surface area contributed by atoms with Gasteiger partial charge in [0.25, 0.3) is 0 Å². The van der Waals surface area contributed by atoms with Gasteiger partial charge in [-0.05, 0) is 23.8 Å². The fourth-order valence-corrected chi connectivity index (χ4v) is 6.74. The quantitative estimate of drug-likeness (QED) is 0.0894. The van der Waals surface area contributed by atoms with Gasteiger partial charge in [0.15, 0.2) is 6.10 Å². The Morgan fingerprint density at radius 3 is 2.26 bits per heavy atom. The van der Waals surface area contributed by atoms with E-state index in [-0.39, 0.29) is 41.2 Å². The number of aromatic hydroxyl groups is 2. The van der Waals surface area contributed by atoms with Gasteiger partial charge in [-0.25, -0.2) is 9.59 Å². The van der Waals surface area contributed by atoms with E-state index < -0.39 is 116 Å². The summed E-state index contributed by atoms with van der Waals surface area (Å²) < 4.78 is 38.9. The molecule has 4 aliphatic heterocycles. The van der Waals surface area contributed by atoms with Gasteiger partial charge in [-0.15, -0.1) is 6.58 Å². The van der Waals surface area contributed by atoms with E-state index in [1.54, 1.807) is 0 Å². The van der Waals surface area contributed by atoms with Crippen LogP contribution in [0.3, 0.4) is 0 Å². The maximum atomic E-state index is 14.0. The molecule has 54 heavy (non-hydrogen) atoms. The Morgan fingerprint density at radius 2 is 1.59 bits per heavy atom. The van der Waals surface area contributed by atoms with E-state index in [1.165, 1.54) is 36.4 Å². The van der Waals surface area contributed by atoms with Gasteiger partial charge >= 0.3 is 11.9 Å². The maximum Gasteiger partial charge on any atom is 0.343 e. The molecule has 3 saturated heterocycles. The second-order valence-electron chi connectivity index (χ2n) is 13.1. The van der Waals surface area contributed by atoms with Crippen molar-refractivity contribution in [3.05, 3.63) is 66.5 Å². The number of rotatable bonds is 10. The van der Waals surface area contributed by atoms with Gasteiger partial charge in [-0.1, -0.05) is 18.2 Å². The van der Waals surface area contributed by atoms with E-state index in [9.17, 15) is 60.7 Å². The summed E-state index contributed by atoms with van der Waals surface area (Å²) >= 11 is 0. The molecule has 0 spiro atoms. The highest BCUT2D eigenvalue weighted by Gasteiger charge is 2.55. The number of aliphatic hydroxyl groups is 8. The van der Waals surface area contributed by atoms with E-state index in [0.29, 0.717) is 0 Å². The first-order valence-electron chi connectivity index (χ1n) is 16.7. The molecule has 6 rings (SSSR count). The van der Waals surface area contributed by atoms with Crippen LogP contribution in [-0.2, 0) is 33.2 Å². The summed E-state index contributed by atoms with van der Waals surface area (Å²) in [5.41, 5.74) is -2.69. The Labute approximate surface area is 306 Å². The van der Waals surface area contributed by atoms with Crippen molar-refractivity contribution in [1.82, 2.24) is 0 Å². The van der Waals surface area contributed by atoms with Crippen LogP contribution in [0.15, 0.2) is 60.9 Å². The molecule has 19 heteroatoms. The first kappa shape index (κ1) is 39.3. The van der Waals surface area contributed by atoms with Crippen molar-refractivity contribution in [3.8, 4) is 28.4 Å². The first-order valence-corrected chi connectivity index (χ1v) is 16.7. The predicted molar refractivity (Wildman–Crippen MR) is 175 cm³/mol. The lowest BCUT2D eigenvalue weighted by molar-refractivity contribution is -0.343. The summed E-state index contributed by atoms with van der Waals surface area (Å²) in [4.78, 5) is 26.4. The number of ether oxygens (including phenoxy) is 7. The largest absolute Gasteiger partial charge is 0.508 e. The lowest BCUT2D eigenvalue weighted by Gasteiger charge is -2.47. The van der Waals surface area contributed by atoms with Crippen molar-refractivity contribution in [3.63, 3.8) is 0 Å². The average molecular weight is 765 g/mol. The monoisotopic (exact) mass is 764 g/mol. The molecule has 0 saturated carbocycles. The highest BCUT2D eigenvalue weighted by Crippen LogP contribution is 2.43. The second kappa shape index (κ2) is 15.8. The van der Waals surface area contributed by atoms with Crippen molar-refractivity contribution >= 4 is 11.9 Å². The van der Waals surface area contributed by atoms with Crippen molar-refractivity contribution in [2.75, 3.05) is 19.8 Å². The number of phenols is 2. The van der Waals surface area contributed by atoms with Crippen molar-refractivity contribution in [2.24, 2.45) is 5.92 Å². The summed E-state index contributed by atoms with van der Waals surface area (Å²) in [5.74, 6) is -4.67. The summed E-state index contributed by atoms with van der Waals surface area (Å²) in [6.07, 6.45) is -16.8. The van der Waals surface area contributed by atoms with Gasteiger partial charge in [0.05, 0.1) is 32.0 Å². The van der Waals surface area contributed by atoms with Gasteiger partial charge in [0, 0.05) is 18.1 Å². The maximum absolute atomic E-state index is 14.0. The fourth-order valence-electron chi connectivity index (χ4n) is 6.74. The van der Waals surface area contributed by atoms with Crippen LogP contribution < -0.4 is 4.74 Å². The number of esters is 2. The highest BCUT2D eigenvalue weighted by atomic mass is 16.8. The van der Waals surface area contributed by atoms with E-state index >= 15 is 0 Å². The molecule has 4 heterocycles. The topological polar surface area (TPSA) is 301 Å². The molecule has 2 aromatic carbocycles. The molecule has 13 atom stereocenters. The molecule has 10 N–H and O–H groups in total. The zero-order valence-electron chi connectivity index (χ0n) is 28.2. The van der Waals surface area contributed by atoms with Crippen LogP contribution in [-0.4, -0.2) is 156 Å². The molecule has 19 nitrogen and oxygen atoms in total. The number of hydrogen-bond donors (Lipinski definition) is 10. The fraction of sp³-hybridized carbons (Fsp3) is 0.486. The van der Waals surface area contributed by atoms with Crippen molar-refractivity contribution < 1.29 is 93.8 Å². The van der Waals surface area contributed by atoms with E-state index in [2.05, 4.69) is 6.58 Å². The Bertz CT molecular complexity index is 1750. The van der Waals surface area contributed by atoms with E-state index in [1.807, 2.05) is 0 Å². The van der Waals surface area contributed by atoms with Crippen LogP contribution >= 0.6 is 0 Å². The number of aliphatic hydroxyl groups excluding tert-OH is 7. The lowest BCUT2D eigenvalue weighted by atomic mass is 9.76. The smallest absolute Gasteiger partial charge is 0.343 e. The van der Waals surface area contributed by atoms with Crippen LogP contribution in [0, 0.1) is 5.92 Å². The Balaban J connectivity index is 1.33. The molecule has 2 aromatic rings. The summed E-state index contributed by atoms with van der Waals surface area (Å²) in [6.45, 7) is 1.99. The highest BCUT2D eigenvalue weighted by molar-refractivity contribution is 6.00. The van der Waals surface area contributed by atoms with Crippen molar-refractivity contribution in [1.29, 1.82) is 0 Å². The zero-order valence-corrected chi connectivity index (χ0v) is 28.2. The Kier molecular flexibility index (Phi) is 11.5. The first-order chi connectivity index (χ1) is 25.7. The Morgan fingerprint density at radius 1 is 0.907 bits per heavy atom. The molecule has 0 unspecified atom stereocenters. The van der Waals surface area contributed by atoms with Gasteiger partial charge in [0.1, 0.15) is 76.7 Å². The summed E-state index contributed by atoms with van der Waals surface area (Å²) in [7, 11) is 0. The molecule has 3 fully saturated rings. The number of cyclic esters (lactones) is 1. The van der Waals surface area contributed by atoms with Crippen LogP contribution in [0.4, 0.5) is 0 Å². The minimum atomic E-state index is -1.99. The van der Waals surface area contributed by atoms with Crippen LogP contribution in [0.25, 0.3) is 11.1 Å². The normalized spacial score (nSPS) is 36.5. The third-order valence-electron chi connectivity index (χ3n) is 9.71. The van der Waals surface area contributed by atoms with Gasteiger partial charge in [-0.3, -0.25) is 0 Å².